The number of rotatable bonds is 10. The molecule has 0 fully saturated rings. The lowest BCUT2D eigenvalue weighted by atomic mass is 10.1. The van der Waals surface area contributed by atoms with E-state index in [1.165, 1.54) is 54.2 Å². The lowest BCUT2D eigenvalue weighted by molar-refractivity contribution is -0.116. The van der Waals surface area contributed by atoms with Crippen LogP contribution in [0.1, 0.15) is 12.5 Å². The zero-order valence-corrected chi connectivity index (χ0v) is 22.0. The molecule has 0 aliphatic heterocycles. The van der Waals surface area contributed by atoms with E-state index in [-0.39, 0.29) is 39.5 Å². The minimum absolute atomic E-state index is 0.00405. The van der Waals surface area contributed by atoms with Gasteiger partial charge in [0.15, 0.2) is 8.68 Å². The number of carbonyl (C=O) groups is 2. The highest BCUT2D eigenvalue weighted by Crippen LogP contribution is 2.32. The second-order valence-electron chi connectivity index (χ2n) is 7.27. The van der Waals surface area contributed by atoms with Gasteiger partial charge in [0.25, 0.3) is 0 Å². The molecule has 2 heterocycles. The van der Waals surface area contributed by atoms with Crippen molar-refractivity contribution in [3.05, 3.63) is 58.1 Å². The lowest BCUT2D eigenvalue weighted by Gasteiger charge is -2.11. The van der Waals surface area contributed by atoms with Gasteiger partial charge in [0.05, 0.1) is 32.8 Å². The molecule has 0 unspecified atom stereocenters. The van der Waals surface area contributed by atoms with Gasteiger partial charge in [0, 0.05) is 11.8 Å². The fraction of sp³-hybridized carbons (Fsp3) is 0.182. The number of nitrogens with zero attached hydrogens (tertiary/aromatic N) is 4. The van der Waals surface area contributed by atoms with Crippen LogP contribution in [0, 0.1) is 5.82 Å². The molecule has 7 nitrogen and oxygen atoms in total. The van der Waals surface area contributed by atoms with E-state index < -0.39 is 5.82 Å². The van der Waals surface area contributed by atoms with Gasteiger partial charge in [-0.3, -0.25) is 9.59 Å². The summed E-state index contributed by atoms with van der Waals surface area (Å²) in [5.74, 6) is 0.447. The fourth-order valence-electron chi connectivity index (χ4n) is 2.96. The zero-order chi connectivity index (χ0) is 24.9. The van der Waals surface area contributed by atoms with E-state index in [1.54, 1.807) is 12.1 Å². The number of nitrogens with one attached hydrogen (secondary N) is 1. The van der Waals surface area contributed by atoms with Crippen LogP contribution in [0.5, 0.6) is 0 Å². The molecule has 1 N–H and O–H groups in total. The predicted molar refractivity (Wildman–Crippen MR) is 140 cm³/mol. The molecule has 4 aromatic rings. The predicted octanol–water partition coefficient (Wildman–Crippen LogP) is 6.26. The third-order valence-corrected chi connectivity index (χ3v) is 8.62. The summed E-state index contributed by atoms with van der Waals surface area (Å²) in [5.41, 5.74) is 1.53. The molecule has 0 amide bonds. The number of carbonyl (C=O) groups excluding carboxylic acids is 2. The molecule has 0 aliphatic carbocycles. The van der Waals surface area contributed by atoms with Crippen LogP contribution in [0.4, 0.5) is 15.9 Å². The molecular formula is C22H16Cl2FN5O2S3. The molecule has 13 heteroatoms. The molecule has 2 aromatic carbocycles. The van der Waals surface area contributed by atoms with Crippen molar-refractivity contribution in [2.45, 2.75) is 22.0 Å². The van der Waals surface area contributed by atoms with Gasteiger partial charge in [0.2, 0.25) is 0 Å². The van der Waals surface area contributed by atoms with E-state index in [1.807, 2.05) is 6.07 Å². The second kappa shape index (κ2) is 11.6. The van der Waals surface area contributed by atoms with E-state index in [9.17, 15) is 14.0 Å². The number of benzene rings is 2. The van der Waals surface area contributed by atoms with E-state index in [0.29, 0.717) is 31.2 Å². The Morgan fingerprint density at radius 1 is 1.03 bits per heavy atom. The Morgan fingerprint density at radius 2 is 1.74 bits per heavy atom. The first-order valence-corrected chi connectivity index (χ1v) is 13.6. The van der Waals surface area contributed by atoms with Gasteiger partial charge in [-0.1, -0.05) is 64.1 Å². The van der Waals surface area contributed by atoms with Crippen LogP contribution >= 0.6 is 58.1 Å². The van der Waals surface area contributed by atoms with Crippen molar-refractivity contribution in [2.75, 3.05) is 16.8 Å². The largest absolute Gasteiger partial charge is 0.337 e. The summed E-state index contributed by atoms with van der Waals surface area (Å²) in [5, 5.41) is 12.0. The molecule has 2 aromatic heterocycles. The van der Waals surface area contributed by atoms with Crippen molar-refractivity contribution in [2.24, 2.45) is 0 Å². The highest BCUT2D eigenvalue weighted by atomic mass is 35.5. The van der Waals surface area contributed by atoms with Crippen molar-refractivity contribution in [1.82, 2.24) is 20.2 Å². The third kappa shape index (κ3) is 6.89. The van der Waals surface area contributed by atoms with Crippen LogP contribution in [0.2, 0.25) is 10.0 Å². The average molecular weight is 569 g/mol. The van der Waals surface area contributed by atoms with Crippen LogP contribution in [0.15, 0.2) is 45.3 Å². The first-order chi connectivity index (χ1) is 16.8. The highest BCUT2D eigenvalue weighted by Gasteiger charge is 2.13. The minimum atomic E-state index is -0.575. The quantitative estimate of drug-likeness (QED) is 0.176. The number of thioether (sulfide) groups is 2. The summed E-state index contributed by atoms with van der Waals surface area (Å²) < 4.78 is 15.7. The molecule has 0 aliphatic rings. The topological polar surface area (TPSA) is 97.7 Å². The van der Waals surface area contributed by atoms with Gasteiger partial charge in [-0.05, 0) is 36.8 Å². The monoisotopic (exact) mass is 567 g/mol. The summed E-state index contributed by atoms with van der Waals surface area (Å²) in [6, 6.07) is 7.92. The Morgan fingerprint density at radius 3 is 2.49 bits per heavy atom. The first-order valence-electron chi connectivity index (χ1n) is 10.0. The standard InChI is InChI=1S/C22H16Cl2FN5O2S3/c1-11(31)8-33-21-29-30-22(35-21)34-9-13(32)4-12-2-3-18-14(5-12)20(27-10-26-18)28-19-7-16(24)15(23)6-17(19)25/h2-3,5-7,10H,4,8-9H2,1H3,(H,26,27,28). The highest BCUT2D eigenvalue weighted by molar-refractivity contribution is 8.03. The van der Waals surface area contributed by atoms with Gasteiger partial charge in [-0.25, -0.2) is 14.4 Å². The van der Waals surface area contributed by atoms with Crippen molar-refractivity contribution in [1.29, 1.82) is 0 Å². The normalized spacial score (nSPS) is 11.1. The first kappa shape index (κ1) is 25.8. The van der Waals surface area contributed by atoms with E-state index >= 15 is 0 Å². The minimum Gasteiger partial charge on any atom is -0.337 e. The maximum absolute atomic E-state index is 14.4. The summed E-state index contributed by atoms with van der Waals surface area (Å²) in [4.78, 5) is 32.2. The van der Waals surface area contributed by atoms with Gasteiger partial charge in [-0.15, -0.1) is 10.2 Å². The Bertz CT molecular complexity index is 1420. The fourth-order valence-corrected chi connectivity index (χ4v) is 5.95. The number of halogens is 3. The number of hydrogen-bond donors (Lipinski definition) is 1. The molecular weight excluding hydrogens is 552 g/mol. The molecule has 35 heavy (non-hydrogen) atoms. The Balaban J connectivity index is 1.44. The van der Waals surface area contributed by atoms with Crippen molar-refractivity contribution in [3.8, 4) is 0 Å². The number of fused-ring (bicyclic) bond motifs is 1. The molecule has 180 valence electrons. The van der Waals surface area contributed by atoms with E-state index in [0.717, 1.165) is 11.6 Å². The van der Waals surface area contributed by atoms with Gasteiger partial charge < -0.3 is 5.32 Å². The molecule has 4 rings (SSSR count). The summed E-state index contributed by atoms with van der Waals surface area (Å²) in [7, 11) is 0. The SMILES string of the molecule is CC(=O)CSc1nnc(SCC(=O)Cc2ccc3ncnc(Nc4cc(Cl)c(Cl)cc4F)c3c2)s1. The van der Waals surface area contributed by atoms with Crippen LogP contribution in [-0.2, 0) is 16.0 Å². The molecule has 0 bridgehead atoms. The van der Waals surface area contributed by atoms with Crippen molar-refractivity contribution >= 4 is 92.0 Å². The Labute approximate surface area is 222 Å². The number of hydrogen-bond acceptors (Lipinski definition) is 10. The molecule has 0 saturated heterocycles. The summed E-state index contributed by atoms with van der Waals surface area (Å²) in [6.45, 7) is 1.52. The Hall–Kier alpha value is -2.31. The van der Waals surface area contributed by atoms with Crippen LogP contribution in [0.3, 0.4) is 0 Å². The molecule has 0 spiro atoms. The molecule has 0 atom stereocenters. The number of Topliss-reactive ketones (excluding diaryl/α,β-unsaturated/α-hetero) is 2. The number of ketones is 2. The van der Waals surface area contributed by atoms with Crippen LogP contribution < -0.4 is 5.32 Å². The van der Waals surface area contributed by atoms with E-state index in [2.05, 4.69) is 25.5 Å². The van der Waals surface area contributed by atoms with Gasteiger partial charge in [0.1, 0.15) is 29.5 Å². The maximum Gasteiger partial charge on any atom is 0.175 e. The lowest BCUT2D eigenvalue weighted by Crippen LogP contribution is -2.06. The second-order valence-corrected chi connectivity index (χ2v) is 11.5. The Kier molecular flexibility index (Phi) is 8.55. The number of aromatic nitrogens is 4. The maximum atomic E-state index is 14.4. The van der Waals surface area contributed by atoms with Gasteiger partial charge in [-0.2, -0.15) is 0 Å². The number of anilines is 2. The van der Waals surface area contributed by atoms with Crippen LogP contribution in [0.25, 0.3) is 10.9 Å². The average Bonchev–Trinajstić information content (AvgIpc) is 3.28. The summed E-state index contributed by atoms with van der Waals surface area (Å²) >= 11 is 15.9. The zero-order valence-electron chi connectivity index (χ0n) is 18.0. The third-order valence-electron chi connectivity index (χ3n) is 4.51. The van der Waals surface area contributed by atoms with Gasteiger partial charge >= 0.3 is 0 Å². The van der Waals surface area contributed by atoms with Crippen LogP contribution in [-0.4, -0.2) is 43.2 Å². The van der Waals surface area contributed by atoms with Crippen molar-refractivity contribution < 1.29 is 14.0 Å². The molecule has 0 radical (unpaired) electrons. The molecule has 0 saturated carbocycles. The summed E-state index contributed by atoms with van der Waals surface area (Å²) in [6.07, 6.45) is 1.57. The smallest absolute Gasteiger partial charge is 0.175 e. The van der Waals surface area contributed by atoms with Crippen molar-refractivity contribution in [3.63, 3.8) is 0 Å². The van der Waals surface area contributed by atoms with E-state index in [4.69, 9.17) is 23.2 Å².